The van der Waals surface area contributed by atoms with Gasteiger partial charge in [-0.3, -0.25) is 19.8 Å². The molecular weight excluding hydrogens is 428 g/mol. The number of unbranched alkanes of at least 4 members (excludes halogenated alkanes) is 1. The van der Waals surface area contributed by atoms with E-state index in [2.05, 4.69) is 0 Å². The van der Waals surface area contributed by atoms with Crippen molar-refractivity contribution in [1.29, 1.82) is 0 Å². The monoisotopic (exact) mass is 446 g/mol. The van der Waals surface area contributed by atoms with E-state index in [1.54, 1.807) is 30.3 Å². The van der Waals surface area contributed by atoms with Gasteiger partial charge in [0.1, 0.15) is 21.9 Å². The number of aliphatic carboxylic acids is 1. The largest absolute Gasteiger partial charge is 0.480 e. The van der Waals surface area contributed by atoms with E-state index in [1.165, 1.54) is 12.1 Å². The number of carbonyl (C=O) groups excluding carboxylic acids is 1. The Morgan fingerprint density at radius 1 is 1.37 bits per heavy atom. The molecular formula is C20H18N2O6S2. The third kappa shape index (κ3) is 4.44. The van der Waals surface area contributed by atoms with Crippen LogP contribution in [0.15, 0.2) is 45.7 Å². The molecule has 1 amide bonds. The number of para-hydroxylation sites is 1. The van der Waals surface area contributed by atoms with E-state index in [1.807, 2.05) is 6.92 Å². The number of hydrogen-bond acceptors (Lipinski definition) is 7. The van der Waals surface area contributed by atoms with Gasteiger partial charge in [0.05, 0.1) is 15.4 Å². The molecule has 1 aliphatic rings. The van der Waals surface area contributed by atoms with Gasteiger partial charge in [-0.2, -0.15) is 0 Å². The molecule has 1 aromatic heterocycles. The third-order valence-corrected chi connectivity index (χ3v) is 5.85. The fourth-order valence-corrected chi connectivity index (χ4v) is 4.39. The minimum Gasteiger partial charge on any atom is -0.480 e. The minimum atomic E-state index is -1.10. The molecule has 1 atom stereocenters. The first-order valence-electron chi connectivity index (χ1n) is 9.17. The van der Waals surface area contributed by atoms with Crippen LogP contribution in [-0.4, -0.2) is 37.2 Å². The van der Waals surface area contributed by atoms with Crippen molar-refractivity contribution in [3.8, 4) is 11.3 Å². The van der Waals surface area contributed by atoms with Crippen molar-refractivity contribution in [3.05, 3.63) is 57.2 Å². The predicted molar refractivity (Wildman–Crippen MR) is 117 cm³/mol. The molecule has 0 aliphatic carbocycles. The summed E-state index contributed by atoms with van der Waals surface area (Å²) in [5, 5.41) is 20.7. The molecule has 1 aliphatic heterocycles. The van der Waals surface area contributed by atoms with Gasteiger partial charge in [-0.05, 0) is 24.6 Å². The smallest absolute Gasteiger partial charge is 0.326 e. The van der Waals surface area contributed by atoms with Crippen LogP contribution in [0.4, 0.5) is 5.69 Å². The van der Waals surface area contributed by atoms with Gasteiger partial charge in [0.2, 0.25) is 0 Å². The first-order valence-corrected chi connectivity index (χ1v) is 10.4. The highest BCUT2D eigenvalue weighted by atomic mass is 32.2. The molecule has 0 saturated carbocycles. The maximum Gasteiger partial charge on any atom is 0.326 e. The number of amides is 1. The Kier molecular flexibility index (Phi) is 6.68. The summed E-state index contributed by atoms with van der Waals surface area (Å²) in [5.74, 6) is -0.991. The maximum atomic E-state index is 12.8. The number of carbonyl (C=O) groups is 2. The average molecular weight is 447 g/mol. The van der Waals surface area contributed by atoms with E-state index in [0.29, 0.717) is 24.2 Å². The molecule has 1 fully saturated rings. The van der Waals surface area contributed by atoms with Gasteiger partial charge in [-0.25, -0.2) is 4.79 Å². The predicted octanol–water partition coefficient (Wildman–Crippen LogP) is 4.70. The SMILES string of the molecule is CCCCC(C(=O)O)N1C(=O)C(=Cc2ccc(-c3ccccc3[N+](=O)[O-])o2)SC1=S. The van der Waals surface area contributed by atoms with Crippen LogP contribution in [0.5, 0.6) is 0 Å². The number of carboxylic acid groups (broad SMARTS) is 1. The van der Waals surface area contributed by atoms with Crippen LogP contribution in [-0.2, 0) is 9.59 Å². The third-order valence-electron chi connectivity index (χ3n) is 4.52. The van der Waals surface area contributed by atoms with Gasteiger partial charge >= 0.3 is 5.97 Å². The lowest BCUT2D eigenvalue weighted by molar-refractivity contribution is -0.384. The molecule has 10 heteroatoms. The topological polar surface area (TPSA) is 114 Å². The van der Waals surface area contributed by atoms with Crippen molar-refractivity contribution in [2.24, 2.45) is 0 Å². The number of rotatable bonds is 8. The molecule has 0 radical (unpaired) electrons. The molecule has 1 saturated heterocycles. The van der Waals surface area contributed by atoms with Crippen molar-refractivity contribution >= 4 is 51.9 Å². The van der Waals surface area contributed by atoms with Crippen LogP contribution in [0, 0.1) is 10.1 Å². The second kappa shape index (κ2) is 9.23. The summed E-state index contributed by atoms with van der Waals surface area (Å²) in [6.45, 7) is 1.94. The van der Waals surface area contributed by atoms with Crippen LogP contribution >= 0.6 is 24.0 Å². The first-order chi connectivity index (χ1) is 14.3. The van der Waals surface area contributed by atoms with E-state index >= 15 is 0 Å². The quantitative estimate of drug-likeness (QED) is 0.269. The molecule has 0 bridgehead atoms. The molecule has 1 N–H and O–H groups in total. The van der Waals surface area contributed by atoms with Crippen LogP contribution in [0.1, 0.15) is 31.9 Å². The van der Waals surface area contributed by atoms with Gasteiger partial charge in [-0.1, -0.05) is 55.9 Å². The number of furan rings is 1. The van der Waals surface area contributed by atoms with Crippen molar-refractivity contribution in [2.75, 3.05) is 0 Å². The van der Waals surface area contributed by atoms with Gasteiger partial charge in [0.25, 0.3) is 11.6 Å². The van der Waals surface area contributed by atoms with Crippen LogP contribution in [0.25, 0.3) is 17.4 Å². The van der Waals surface area contributed by atoms with Crippen molar-refractivity contribution in [1.82, 2.24) is 4.90 Å². The number of carboxylic acids is 1. The lowest BCUT2D eigenvalue weighted by Crippen LogP contribution is -2.43. The fourth-order valence-electron chi connectivity index (χ4n) is 3.05. The Morgan fingerprint density at radius 2 is 2.10 bits per heavy atom. The summed E-state index contributed by atoms with van der Waals surface area (Å²) in [4.78, 5) is 36.6. The Bertz CT molecular complexity index is 1050. The number of nitrogens with zero attached hydrogens (tertiary/aromatic N) is 2. The Morgan fingerprint density at radius 3 is 2.77 bits per heavy atom. The number of hydrogen-bond donors (Lipinski definition) is 1. The van der Waals surface area contributed by atoms with Crippen molar-refractivity contribution in [3.63, 3.8) is 0 Å². The maximum absolute atomic E-state index is 12.8. The molecule has 3 rings (SSSR count). The number of benzene rings is 1. The van der Waals surface area contributed by atoms with E-state index in [-0.39, 0.29) is 20.7 Å². The molecule has 30 heavy (non-hydrogen) atoms. The fraction of sp³-hybridized carbons (Fsp3) is 0.250. The van der Waals surface area contributed by atoms with Crippen molar-refractivity contribution < 1.29 is 24.0 Å². The van der Waals surface area contributed by atoms with Crippen LogP contribution in [0.2, 0.25) is 0 Å². The van der Waals surface area contributed by atoms with E-state index < -0.39 is 22.8 Å². The molecule has 1 aromatic carbocycles. The lowest BCUT2D eigenvalue weighted by Gasteiger charge is -2.22. The first kappa shape index (κ1) is 21.7. The highest BCUT2D eigenvalue weighted by Gasteiger charge is 2.40. The van der Waals surface area contributed by atoms with E-state index in [4.69, 9.17) is 16.6 Å². The van der Waals surface area contributed by atoms with Crippen LogP contribution in [0.3, 0.4) is 0 Å². The second-order valence-corrected chi connectivity index (χ2v) is 8.20. The Hall–Kier alpha value is -2.98. The number of thioether (sulfide) groups is 1. The highest BCUT2D eigenvalue weighted by Crippen LogP contribution is 2.36. The molecule has 2 aromatic rings. The summed E-state index contributed by atoms with van der Waals surface area (Å²) in [6.07, 6.45) is 3.24. The standard InChI is InChI=1S/C20H18N2O6S2/c1-2-3-7-15(19(24)25)21-18(23)17(30-20(21)29)11-12-9-10-16(28-12)13-6-4-5-8-14(13)22(26)27/h4-6,8-11,15H,2-3,7H2,1H3,(H,24,25). The molecule has 8 nitrogen and oxygen atoms in total. The summed E-state index contributed by atoms with van der Waals surface area (Å²) in [5.41, 5.74) is 0.227. The molecule has 0 spiro atoms. The van der Waals surface area contributed by atoms with Crippen LogP contribution < -0.4 is 0 Å². The Labute approximate surface area is 181 Å². The van der Waals surface area contributed by atoms with Gasteiger partial charge in [-0.15, -0.1) is 0 Å². The summed E-state index contributed by atoms with van der Waals surface area (Å²) < 4.78 is 5.87. The second-order valence-electron chi connectivity index (χ2n) is 6.52. The summed E-state index contributed by atoms with van der Waals surface area (Å²) in [6, 6.07) is 8.34. The normalized spacial score (nSPS) is 16.3. The number of nitro groups is 1. The molecule has 156 valence electrons. The van der Waals surface area contributed by atoms with Gasteiger partial charge in [0, 0.05) is 12.1 Å². The zero-order chi connectivity index (χ0) is 21.8. The summed E-state index contributed by atoms with van der Waals surface area (Å²) >= 11 is 6.25. The average Bonchev–Trinajstić information content (AvgIpc) is 3.28. The number of thiocarbonyl (C=S) groups is 1. The Balaban J connectivity index is 1.87. The molecule has 1 unspecified atom stereocenters. The van der Waals surface area contributed by atoms with E-state index in [0.717, 1.165) is 23.1 Å². The van der Waals surface area contributed by atoms with Gasteiger partial charge < -0.3 is 9.52 Å². The van der Waals surface area contributed by atoms with Gasteiger partial charge in [0.15, 0.2) is 0 Å². The number of nitro benzene ring substituents is 1. The highest BCUT2D eigenvalue weighted by molar-refractivity contribution is 8.26. The lowest BCUT2D eigenvalue weighted by atomic mass is 10.1. The van der Waals surface area contributed by atoms with Crippen molar-refractivity contribution in [2.45, 2.75) is 32.2 Å². The molecule has 2 heterocycles. The zero-order valence-corrected chi connectivity index (χ0v) is 17.6. The zero-order valence-electron chi connectivity index (χ0n) is 15.9. The van der Waals surface area contributed by atoms with E-state index in [9.17, 15) is 24.8 Å². The summed E-state index contributed by atoms with van der Waals surface area (Å²) in [7, 11) is 0. The minimum absolute atomic E-state index is 0.0926.